The van der Waals surface area contributed by atoms with Gasteiger partial charge in [0.1, 0.15) is 5.03 Å². The first-order chi connectivity index (χ1) is 17.1. The molecule has 12 heteroatoms. The lowest BCUT2D eigenvalue weighted by molar-refractivity contribution is -0.130. The maximum absolute atomic E-state index is 12.1. The Kier molecular flexibility index (Phi) is 11.5. The van der Waals surface area contributed by atoms with Crippen LogP contribution in [0.15, 0.2) is 27.4 Å². The van der Waals surface area contributed by atoms with Crippen molar-refractivity contribution < 1.29 is 14.3 Å². The Balaban J connectivity index is 1.48. The molecule has 2 saturated heterocycles. The summed E-state index contributed by atoms with van der Waals surface area (Å²) in [5, 5.41) is 8.13. The first-order valence-corrected chi connectivity index (χ1v) is 12.6. The quantitative estimate of drug-likeness (QED) is 0.263. The van der Waals surface area contributed by atoms with Gasteiger partial charge in [-0.25, -0.2) is 4.99 Å². The van der Waals surface area contributed by atoms with Gasteiger partial charge in [-0.05, 0) is 19.8 Å². The molecule has 3 heterocycles. The number of hydrogen-bond donors (Lipinski definition) is 2. The predicted octanol–water partition coefficient (Wildman–Crippen LogP) is 1.43. The number of amides is 1. The summed E-state index contributed by atoms with van der Waals surface area (Å²) in [4.78, 5) is 24.8. The van der Waals surface area contributed by atoms with E-state index in [-0.39, 0.29) is 5.91 Å². The van der Waals surface area contributed by atoms with Crippen LogP contribution in [-0.4, -0.2) is 103 Å². The smallest absolute Gasteiger partial charge is 0.224 e. The van der Waals surface area contributed by atoms with Crippen molar-refractivity contribution in [3.8, 4) is 0 Å². The number of morpholine rings is 1. The molecule has 2 aliphatic rings. The number of carbonyl (C=O) groups excluding carboxylic acids is 1. The molecule has 1 aromatic heterocycles. The minimum absolute atomic E-state index is 0.117. The SMILES string of the molecule is Cc1nn(CCCN2CCOCC2)cc1NC=C(Cl)C(N=CN)=NCCCN1CCOCCC1=O. The van der Waals surface area contributed by atoms with Gasteiger partial charge >= 0.3 is 0 Å². The monoisotopic (exact) mass is 508 g/mol. The fraction of sp³-hybridized carbons (Fsp3) is 0.652. The van der Waals surface area contributed by atoms with E-state index in [0.29, 0.717) is 56.6 Å². The Hall–Kier alpha value is -2.47. The number of carbonyl (C=O) groups is 1. The van der Waals surface area contributed by atoms with E-state index in [4.69, 9.17) is 26.8 Å². The van der Waals surface area contributed by atoms with Gasteiger partial charge in [-0.3, -0.25) is 19.4 Å². The normalized spacial score (nSPS) is 18.9. The second kappa shape index (κ2) is 14.8. The number of aliphatic imine (C=N–C) groups is 2. The van der Waals surface area contributed by atoms with Crippen LogP contribution in [0.2, 0.25) is 0 Å². The fourth-order valence-corrected chi connectivity index (χ4v) is 4.07. The molecule has 0 bridgehead atoms. The lowest BCUT2D eigenvalue weighted by Crippen LogP contribution is -2.37. The van der Waals surface area contributed by atoms with Crippen LogP contribution in [0.25, 0.3) is 0 Å². The van der Waals surface area contributed by atoms with Crippen molar-refractivity contribution in [2.45, 2.75) is 32.7 Å². The zero-order chi connectivity index (χ0) is 24.9. The van der Waals surface area contributed by atoms with Crippen molar-refractivity contribution in [2.75, 3.05) is 71.0 Å². The molecule has 0 saturated carbocycles. The number of nitrogens with one attached hydrogen (secondary N) is 1. The van der Waals surface area contributed by atoms with Crippen molar-refractivity contribution in [3.05, 3.63) is 23.1 Å². The molecule has 0 unspecified atom stereocenters. The number of nitrogens with zero attached hydrogens (tertiary/aromatic N) is 6. The molecule has 0 spiro atoms. The zero-order valence-corrected chi connectivity index (χ0v) is 21.3. The molecule has 0 radical (unpaired) electrons. The third kappa shape index (κ3) is 9.25. The molecule has 0 aliphatic carbocycles. The summed E-state index contributed by atoms with van der Waals surface area (Å²) >= 11 is 6.45. The largest absolute Gasteiger partial charge is 0.390 e. The summed E-state index contributed by atoms with van der Waals surface area (Å²) in [6.45, 7) is 10.2. The summed E-state index contributed by atoms with van der Waals surface area (Å²) < 4.78 is 12.7. The lowest BCUT2D eigenvalue weighted by Gasteiger charge is -2.26. The number of aryl methyl sites for hydroxylation is 2. The van der Waals surface area contributed by atoms with Crippen LogP contribution in [0.4, 0.5) is 5.69 Å². The van der Waals surface area contributed by atoms with Gasteiger partial charge in [0.2, 0.25) is 5.91 Å². The first-order valence-electron chi connectivity index (χ1n) is 12.2. The maximum atomic E-state index is 12.1. The van der Waals surface area contributed by atoms with Gasteiger partial charge < -0.3 is 25.4 Å². The lowest BCUT2D eigenvalue weighted by atomic mass is 10.3. The average molecular weight is 509 g/mol. The van der Waals surface area contributed by atoms with Gasteiger partial charge in [0, 0.05) is 58.2 Å². The Morgan fingerprint density at radius 2 is 1.94 bits per heavy atom. The summed E-state index contributed by atoms with van der Waals surface area (Å²) in [5.41, 5.74) is 7.24. The van der Waals surface area contributed by atoms with Crippen LogP contribution in [0.3, 0.4) is 0 Å². The van der Waals surface area contributed by atoms with Gasteiger partial charge in [0.25, 0.3) is 0 Å². The first kappa shape index (κ1) is 27.1. The highest BCUT2D eigenvalue weighted by Gasteiger charge is 2.16. The van der Waals surface area contributed by atoms with Gasteiger partial charge in [0.15, 0.2) is 5.84 Å². The number of rotatable bonds is 11. The van der Waals surface area contributed by atoms with Crippen molar-refractivity contribution in [2.24, 2.45) is 15.7 Å². The molecule has 0 aromatic carbocycles. The van der Waals surface area contributed by atoms with Crippen molar-refractivity contribution in [3.63, 3.8) is 0 Å². The molecular weight excluding hydrogens is 472 g/mol. The molecule has 0 atom stereocenters. The van der Waals surface area contributed by atoms with Gasteiger partial charge in [0.05, 0.1) is 50.6 Å². The van der Waals surface area contributed by atoms with Gasteiger partial charge in [-0.15, -0.1) is 0 Å². The van der Waals surface area contributed by atoms with E-state index in [1.54, 1.807) is 6.20 Å². The Morgan fingerprint density at radius 3 is 2.74 bits per heavy atom. The zero-order valence-electron chi connectivity index (χ0n) is 20.5. The number of nitrogens with two attached hydrogens (primary N) is 1. The predicted molar refractivity (Wildman–Crippen MR) is 138 cm³/mol. The van der Waals surface area contributed by atoms with E-state index in [0.717, 1.165) is 57.2 Å². The highest BCUT2D eigenvalue weighted by atomic mass is 35.5. The maximum Gasteiger partial charge on any atom is 0.224 e. The molecule has 3 N–H and O–H groups in total. The average Bonchev–Trinajstić information content (AvgIpc) is 3.08. The third-order valence-electron chi connectivity index (χ3n) is 5.84. The minimum atomic E-state index is 0.117. The van der Waals surface area contributed by atoms with E-state index in [1.165, 1.54) is 6.34 Å². The van der Waals surface area contributed by atoms with E-state index in [1.807, 2.05) is 22.7 Å². The summed E-state index contributed by atoms with van der Waals surface area (Å²) in [6, 6.07) is 0. The third-order valence-corrected chi connectivity index (χ3v) is 6.12. The summed E-state index contributed by atoms with van der Waals surface area (Å²) in [7, 11) is 0. The van der Waals surface area contributed by atoms with Crippen molar-refractivity contribution in [1.29, 1.82) is 0 Å². The van der Waals surface area contributed by atoms with Gasteiger partial charge in [-0.1, -0.05) is 11.6 Å². The molecule has 2 aliphatic heterocycles. The molecule has 1 amide bonds. The standard InChI is InChI=1S/C23H37ClN8O3/c1-19-21(17-32(29-19)8-3-6-30-9-13-35-14-10-30)27-16-20(24)23(28-18-25)26-5-2-7-31-11-15-34-12-4-22(31)33/h16-18,27H,2-15H2,1H3,(H2,25,26,28). The fourth-order valence-electron chi connectivity index (χ4n) is 3.91. The minimum Gasteiger partial charge on any atom is -0.390 e. The summed E-state index contributed by atoms with van der Waals surface area (Å²) in [6.07, 6.45) is 6.93. The molecule has 194 valence electrons. The number of halogens is 1. The van der Waals surface area contributed by atoms with E-state index in [9.17, 15) is 4.79 Å². The molecule has 35 heavy (non-hydrogen) atoms. The van der Waals surface area contributed by atoms with E-state index < -0.39 is 0 Å². The molecule has 2 fully saturated rings. The highest BCUT2D eigenvalue weighted by molar-refractivity contribution is 6.43. The second-order valence-corrected chi connectivity index (χ2v) is 8.82. The Morgan fingerprint density at radius 1 is 1.17 bits per heavy atom. The van der Waals surface area contributed by atoms with Crippen LogP contribution in [0, 0.1) is 6.92 Å². The number of anilines is 1. The summed E-state index contributed by atoms with van der Waals surface area (Å²) in [5.74, 6) is 0.452. The number of aromatic nitrogens is 2. The van der Waals surface area contributed by atoms with Crippen molar-refractivity contribution >= 4 is 35.4 Å². The Labute approximate surface area is 212 Å². The number of hydrogen-bond acceptors (Lipinski definition) is 7. The molecule has 3 rings (SSSR count). The second-order valence-electron chi connectivity index (χ2n) is 8.42. The van der Waals surface area contributed by atoms with E-state index >= 15 is 0 Å². The van der Waals surface area contributed by atoms with Crippen LogP contribution < -0.4 is 11.1 Å². The molecule has 1 aromatic rings. The number of amidine groups is 1. The molecule has 11 nitrogen and oxygen atoms in total. The van der Waals surface area contributed by atoms with Crippen LogP contribution in [0.1, 0.15) is 25.0 Å². The van der Waals surface area contributed by atoms with Crippen LogP contribution in [0.5, 0.6) is 0 Å². The van der Waals surface area contributed by atoms with Gasteiger partial charge in [-0.2, -0.15) is 5.10 Å². The highest BCUT2D eigenvalue weighted by Crippen LogP contribution is 2.15. The van der Waals surface area contributed by atoms with Crippen LogP contribution >= 0.6 is 11.6 Å². The van der Waals surface area contributed by atoms with Crippen LogP contribution in [-0.2, 0) is 20.8 Å². The topological polar surface area (TPSA) is 123 Å². The number of ether oxygens (including phenoxy) is 2. The Bertz CT molecular complexity index is 895. The van der Waals surface area contributed by atoms with Crippen molar-refractivity contribution in [1.82, 2.24) is 19.6 Å². The van der Waals surface area contributed by atoms with E-state index in [2.05, 4.69) is 25.3 Å². The molecular formula is C23H37ClN8O3.